The number of rotatable bonds is 1. The predicted octanol–water partition coefficient (Wildman–Crippen LogP) is 15.6. The number of anilines is 2. The van der Waals surface area contributed by atoms with Gasteiger partial charge in [0.2, 0.25) is 0 Å². The molecule has 0 fully saturated rings. The summed E-state index contributed by atoms with van der Waals surface area (Å²) in [5.74, 6) is 0. The van der Waals surface area contributed by atoms with Crippen LogP contribution in [0.5, 0.6) is 0 Å². The maximum absolute atomic E-state index is 2.83. The molecule has 7 aromatic rings. The van der Waals surface area contributed by atoms with E-state index in [0.717, 1.165) is 0 Å². The number of benzene rings is 6. The van der Waals surface area contributed by atoms with Gasteiger partial charge in [-0.05, 0) is 173 Å². The van der Waals surface area contributed by atoms with Gasteiger partial charge < -0.3 is 9.38 Å². The Labute approximate surface area is 396 Å². The zero-order valence-electron chi connectivity index (χ0n) is 43.0. The average Bonchev–Trinajstić information content (AvgIpc) is 3.71. The number of fused-ring (bicyclic) bond motifs is 15. The normalized spacial score (nSPS) is 19.8. The minimum atomic E-state index is -0.229. The van der Waals surface area contributed by atoms with Gasteiger partial charge in [-0.1, -0.05) is 159 Å². The summed E-state index contributed by atoms with van der Waals surface area (Å²) < 4.78 is 2.77. The van der Waals surface area contributed by atoms with E-state index >= 15 is 0 Å². The van der Waals surface area contributed by atoms with Gasteiger partial charge in [0.15, 0.2) is 0 Å². The Bertz CT molecular complexity index is 3290. The zero-order chi connectivity index (χ0) is 46.8. The summed E-state index contributed by atoms with van der Waals surface area (Å²) in [6.07, 6.45) is 4.73. The molecular weight excluding hydrogens is 796 g/mol. The lowest BCUT2D eigenvalue weighted by Crippen LogP contribution is -2.61. The highest BCUT2D eigenvalue weighted by atomic mass is 15.1. The Morgan fingerprint density at radius 1 is 0.500 bits per heavy atom. The Kier molecular flexibility index (Phi) is 8.17. The second kappa shape index (κ2) is 12.7. The van der Waals surface area contributed by atoms with E-state index in [0.29, 0.717) is 0 Å². The molecule has 0 amide bonds. The van der Waals surface area contributed by atoms with Crippen molar-refractivity contribution in [2.24, 2.45) is 0 Å². The molecule has 3 heteroatoms. The molecule has 2 nitrogen and oxygen atoms in total. The average molecular weight is 867 g/mol. The van der Waals surface area contributed by atoms with Gasteiger partial charge in [-0.3, -0.25) is 0 Å². The first kappa shape index (κ1) is 42.3. The lowest BCUT2D eigenvalue weighted by molar-refractivity contribution is 0.332. The number of hydrogen-bond acceptors (Lipinski definition) is 1. The fraction of sp³-hybridized carbons (Fsp3) is 0.429. The van der Waals surface area contributed by atoms with E-state index in [-0.39, 0.29) is 44.8 Å². The van der Waals surface area contributed by atoms with E-state index in [1.54, 1.807) is 0 Å². The third-order valence-corrected chi connectivity index (χ3v) is 18.2. The lowest BCUT2D eigenvalue weighted by Gasteiger charge is -2.48. The summed E-state index contributed by atoms with van der Waals surface area (Å²) >= 11 is 0. The maximum atomic E-state index is 2.83. The molecule has 0 saturated heterocycles. The van der Waals surface area contributed by atoms with E-state index in [9.17, 15) is 0 Å². The van der Waals surface area contributed by atoms with Gasteiger partial charge in [-0.15, -0.1) is 0 Å². The van der Waals surface area contributed by atoms with Gasteiger partial charge in [0.25, 0.3) is 0 Å². The van der Waals surface area contributed by atoms with Crippen molar-refractivity contribution in [2.45, 2.75) is 174 Å². The molecule has 12 rings (SSSR count). The maximum Gasteiger partial charge on any atom is 0.333 e. The Morgan fingerprint density at radius 3 is 1.62 bits per heavy atom. The van der Waals surface area contributed by atoms with E-state index in [4.69, 9.17) is 0 Å². The highest BCUT2D eigenvalue weighted by molar-refractivity contribution is 6.94. The fourth-order valence-corrected chi connectivity index (χ4v) is 13.8. The number of aromatic nitrogens is 1. The molecule has 5 aliphatic rings. The van der Waals surface area contributed by atoms with Gasteiger partial charge in [-0.2, -0.15) is 0 Å². The molecular formula is C63H71BN2. The van der Waals surface area contributed by atoms with E-state index in [1.807, 2.05) is 0 Å². The van der Waals surface area contributed by atoms with Crippen LogP contribution in [0.4, 0.5) is 11.4 Å². The van der Waals surface area contributed by atoms with Crippen LogP contribution in [-0.4, -0.2) is 11.4 Å². The van der Waals surface area contributed by atoms with Crippen LogP contribution in [0.2, 0.25) is 0 Å². The first-order chi connectivity index (χ1) is 30.7. The Balaban J connectivity index is 1.35. The smallest absolute Gasteiger partial charge is 0.333 e. The summed E-state index contributed by atoms with van der Waals surface area (Å²) in [5, 5.41) is 2.81. The quantitative estimate of drug-likeness (QED) is 0.149. The molecule has 0 radical (unpaired) electrons. The number of nitrogens with zero attached hydrogens (tertiary/aromatic N) is 2. The summed E-state index contributed by atoms with van der Waals surface area (Å²) in [5.41, 5.74) is 27.2. The lowest BCUT2D eigenvalue weighted by atomic mass is 9.42. The molecule has 2 aliphatic heterocycles. The van der Waals surface area contributed by atoms with Crippen molar-refractivity contribution in [3.05, 3.63) is 136 Å². The molecule has 0 saturated carbocycles. The molecule has 1 aromatic heterocycles. The van der Waals surface area contributed by atoms with Gasteiger partial charge in [0.05, 0.1) is 11.0 Å². The molecule has 336 valence electrons. The number of hydrogen-bond donors (Lipinski definition) is 0. The summed E-state index contributed by atoms with van der Waals surface area (Å²) in [4.78, 5) is 2.83. The van der Waals surface area contributed by atoms with Crippen LogP contribution in [0.3, 0.4) is 0 Å². The molecule has 0 bridgehead atoms. The van der Waals surface area contributed by atoms with Crippen LogP contribution >= 0.6 is 0 Å². The molecule has 3 aliphatic carbocycles. The Hall–Kier alpha value is -5.02. The molecule has 0 atom stereocenters. The van der Waals surface area contributed by atoms with Crippen molar-refractivity contribution in [2.75, 3.05) is 4.81 Å². The SMILES string of the molecule is CC(C)(C)c1ccc(N2B3c4cc5c(cc4-n4c6ccc(C(C)(C)C)cc6c6c7c(c(c3c64)-c3cc4c(cc32)C(C)(C)CCC4(C)C)C(C)(C)c2ccccc2-7)C(C)(C)CCC5(C)C)cc1. The van der Waals surface area contributed by atoms with Crippen LogP contribution in [0.15, 0.2) is 91.0 Å². The third kappa shape index (κ3) is 5.44. The molecule has 6 aromatic carbocycles. The van der Waals surface area contributed by atoms with Crippen molar-refractivity contribution in [3.63, 3.8) is 0 Å². The first-order valence-corrected chi connectivity index (χ1v) is 25.3. The largest absolute Gasteiger partial charge is 0.376 e. The molecule has 3 heterocycles. The zero-order valence-corrected chi connectivity index (χ0v) is 43.0. The fourth-order valence-electron chi connectivity index (χ4n) is 13.8. The monoisotopic (exact) mass is 867 g/mol. The highest BCUT2D eigenvalue weighted by Gasteiger charge is 2.52. The van der Waals surface area contributed by atoms with E-state index in [1.165, 1.54) is 142 Å². The van der Waals surface area contributed by atoms with Crippen LogP contribution in [0.25, 0.3) is 49.7 Å². The third-order valence-electron chi connectivity index (χ3n) is 18.2. The minimum absolute atomic E-state index is 0.00109. The summed E-state index contributed by atoms with van der Waals surface area (Å²) in [7, 11) is 0. The highest BCUT2D eigenvalue weighted by Crippen LogP contribution is 2.61. The van der Waals surface area contributed by atoms with Gasteiger partial charge in [-0.25, -0.2) is 0 Å². The molecule has 0 unspecified atom stereocenters. The van der Waals surface area contributed by atoms with Crippen molar-refractivity contribution >= 4 is 51.0 Å². The summed E-state index contributed by atoms with van der Waals surface area (Å²) in [6.45, 7) is 39.2. The van der Waals surface area contributed by atoms with Crippen molar-refractivity contribution in [1.29, 1.82) is 0 Å². The summed E-state index contributed by atoms with van der Waals surface area (Å²) in [6, 6.07) is 37.5. The predicted molar refractivity (Wildman–Crippen MR) is 285 cm³/mol. The molecule has 0 N–H and O–H groups in total. The molecule has 66 heavy (non-hydrogen) atoms. The van der Waals surface area contributed by atoms with E-state index in [2.05, 4.69) is 211 Å². The second-order valence-corrected chi connectivity index (χ2v) is 26.7. The standard InChI is InChI=1S/C63H71BN2/c1-57(2,3)36-21-24-38(25-22-36)66-49-34-45-43(59(7,8)27-29-61(45,11)12)32-41(49)53-54-51(39-19-17-18-20-42(39)63(54,15)16)52-40-31-37(58(4,5)6)23-26-48(40)65-50-35-46-44(60(9,10)28-30-62(46,13)14)33-47(50)64(66)55(53)56(52)65/h17-26,31-35H,27-30H2,1-16H3. The van der Waals surface area contributed by atoms with Crippen LogP contribution in [0.1, 0.15) is 181 Å². The van der Waals surface area contributed by atoms with Crippen molar-refractivity contribution in [3.8, 4) is 27.9 Å². The Morgan fingerprint density at radius 2 is 1.03 bits per heavy atom. The van der Waals surface area contributed by atoms with E-state index < -0.39 is 0 Å². The minimum Gasteiger partial charge on any atom is -0.376 e. The van der Waals surface area contributed by atoms with Crippen LogP contribution < -0.4 is 15.7 Å². The van der Waals surface area contributed by atoms with Crippen molar-refractivity contribution < 1.29 is 0 Å². The van der Waals surface area contributed by atoms with Gasteiger partial charge in [0, 0.05) is 38.8 Å². The first-order valence-electron chi connectivity index (χ1n) is 25.3. The van der Waals surface area contributed by atoms with Crippen LogP contribution in [0, 0.1) is 0 Å². The van der Waals surface area contributed by atoms with Gasteiger partial charge in [0.1, 0.15) is 0 Å². The van der Waals surface area contributed by atoms with Crippen molar-refractivity contribution in [1.82, 2.24) is 4.57 Å². The topological polar surface area (TPSA) is 8.17 Å². The van der Waals surface area contributed by atoms with Gasteiger partial charge >= 0.3 is 6.85 Å². The molecule has 0 spiro atoms. The van der Waals surface area contributed by atoms with Crippen LogP contribution in [-0.2, 0) is 37.9 Å². The second-order valence-electron chi connectivity index (χ2n) is 26.7.